The minimum Gasteiger partial charge on any atom is -0.508 e. The van der Waals surface area contributed by atoms with E-state index in [2.05, 4.69) is 74.3 Å². The maximum Gasteiger partial charge on any atom is 0.132 e. The molecule has 3 aromatic carbocycles. The summed E-state index contributed by atoms with van der Waals surface area (Å²) >= 11 is 3.55. The van der Waals surface area contributed by atoms with E-state index >= 15 is 0 Å². The number of benzene rings is 3. The fourth-order valence-corrected chi connectivity index (χ4v) is 3.85. The summed E-state index contributed by atoms with van der Waals surface area (Å²) < 4.78 is 0.966. The minimum atomic E-state index is -0.0534. The summed E-state index contributed by atoms with van der Waals surface area (Å²) in [6.07, 6.45) is -0.0534. The summed E-state index contributed by atoms with van der Waals surface area (Å²) in [6, 6.07) is 26.4. The van der Waals surface area contributed by atoms with E-state index in [1.165, 1.54) is 0 Å². The van der Waals surface area contributed by atoms with Crippen molar-refractivity contribution in [2.45, 2.75) is 6.17 Å². The first-order valence-electron chi connectivity index (χ1n) is 8.36. The number of phenolic OH excluding ortho intramolecular Hbond substituents is 1. The van der Waals surface area contributed by atoms with Gasteiger partial charge in [-0.3, -0.25) is 0 Å². The molecule has 0 amide bonds. The van der Waals surface area contributed by atoms with Gasteiger partial charge in [-0.2, -0.15) is 0 Å². The van der Waals surface area contributed by atoms with Crippen molar-refractivity contribution in [3.63, 3.8) is 0 Å². The first-order chi connectivity index (χ1) is 12.2. The summed E-state index contributed by atoms with van der Waals surface area (Å²) in [5.41, 5.74) is 3.22. The van der Waals surface area contributed by atoms with Crippen molar-refractivity contribution in [2.24, 2.45) is 0 Å². The standard InChI is InChI=1S/C21H19BrN2O/c22-16-11-12-20(25)19(15-16)21-23(17-7-3-1-4-8-17)13-14-24(21)18-9-5-2-6-10-18/h1-12,15,21,25H,13-14H2. The molecule has 0 atom stereocenters. The molecule has 25 heavy (non-hydrogen) atoms. The highest BCUT2D eigenvalue weighted by molar-refractivity contribution is 9.10. The van der Waals surface area contributed by atoms with Gasteiger partial charge in [0.15, 0.2) is 0 Å². The highest BCUT2D eigenvalue weighted by Gasteiger charge is 2.35. The lowest BCUT2D eigenvalue weighted by Crippen LogP contribution is -2.31. The van der Waals surface area contributed by atoms with E-state index in [-0.39, 0.29) is 6.17 Å². The van der Waals surface area contributed by atoms with E-state index < -0.39 is 0 Å². The van der Waals surface area contributed by atoms with E-state index in [9.17, 15) is 5.11 Å². The summed E-state index contributed by atoms with van der Waals surface area (Å²) in [5.74, 6) is 0.317. The fraction of sp³-hybridized carbons (Fsp3) is 0.143. The number of para-hydroxylation sites is 2. The van der Waals surface area contributed by atoms with Gasteiger partial charge >= 0.3 is 0 Å². The molecule has 0 saturated carbocycles. The maximum atomic E-state index is 10.6. The highest BCUT2D eigenvalue weighted by Crippen LogP contribution is 2.41. The van der Waals surface area contributed by atoms with Gasteiger partial charge in [-0.25, -0.2) is 0 Å². The Bertz CT molecular complexity index is 807. The van der Waals surface area contributed by atoms with Gasteiger partial charge in [-0.1, -0.05) is 52.3 Å². The second kappa shape index (κ2) is 6.81. The lowest BCUT2D eigenvalue weighted by Gasteiger charge is -2.33. The minimum absolute atomic E-state index is 0.0534. The largest absolute Gasteiger partial charge is 0.508 e. The third-order valence-corrected chi connectivity index (χ3v) is 5.11. The monoisotopic (exact) mass is 394 g/mol. The van der Waals surface area contributed by atoms with Crippen LogP contribution >= 0.6 is 15.9 Å². The predicted molar refractivity (Wildman–Crippen MR) is 106 cm³/mol. The van der Waals surface area contributed by atoms with E-state index in [0.717, 1.165) is 34.5 Å². The molecule has 1 aliphatic heterocycles. The van der Waals surface area contributed by atoms with Gasteiger partial charge < -0.3 is 14.9 Å². The number of nitrogens with zero attached hydrogens (tertiary/aromatic N) is 2. The van der Waals surface area contributed by atoms with Gasteiger partial charge in [-0.05, 0) is 42.5 Å². The third kappa shape index (κ3) is 3.10. The van der Waals surface area contributed by atoms with Gasteiger partial charge in [0.05, 0.1) is 0 Å². The summed E-state index contributed by atoms with van der Waals surface area (Å²) in [4.78, 5) is 4.68. The molecular weight excluding hydrogens is 376 g/mol. The molecule has 3 aromatic rings. The quantitative estimate of drug-likeness (QED) is 0.662. The van der Waals surface area contributed by atoms with Crippen LogP contribution in [-0.4, -0.2) is 18.2 Å². The Hall–Kier alpha value is -2.46. The zero-order valence-corrected chi connectivity index (χ0v) is 15.3. The Balaban J connectivity index is 1.82. The third-order valence-electron chi connectivity index (χ3n) is 4.62. The van der Waals surface area contributed by atoms with Crippen molar-refractivity contribution < 1.29 is 5.11 Å². The SMILES string of the molecule is Oc1ccc(Br)cc1C1N(c2ccccc2)CCN1c1ccccc1. The first kappa shape index (κ1) is 16.0. The van der Waals surface area contributed by atoms with Crippen molar-refractivity contribution in [3.05, 3.63) is 88.9 Å². The molecule has 0 aromatic heterocycles. The molecule has 0 spiro atoms. The average molecular weight is 395 g/mol. The summed E-state index contributed by atoms with van der Waals surface area (Å²) in [6.45, 7) is 1.80. The second-order valence-electron chi connectivity index (χ2n) is 6.13. The van der Waals surface area contributed by atoms with Crippen LogP contribution in [0.4, 0.5) is 11.4 Å². The second-order valence-corrected chi connectivity index (χ2v) is 7.05. The Morgan fingerprint density at radius 3 is 1.80 bits per heavy atom. The molecular formula is C21H19BrN2O. The molecule has 1 heterocycles. The highest BCUT2D eigenvalue weighted by atomic mass is 79.9. The van der Waals surface area contributed by atoms with Crippen molar-refractivity contribution in [2.75, 3.05) is 22.9 Å². The fourth-order valence-electron chi connectivity index (χ4n) is 3.48. The summed E-state index contributed by atoms with van der Waals surface area (Å²) in [7, 11) is 0. The predicted octanol–water partition coefficient (Wildman–Crippen LogP) is 5.18. The van der Waals surface area contributed by atoms with Crippen molar-refractivity contribution >= 4 is 27.3 Å². The maximum absolute atomic E-state index is 10.6. The molecule has 1 N–H and O–H groups in total. The van der Waals surface area contributed by atoms with E-state index in [1.807, 2.05) is 24.3 Å². The van der Waals surface area contributed by atoms with Crippen LogP contribution in [0.15, 0.2) is 83.3 Å². The van der Waals surface area contributed by atoms with Gasteiger partial charge in [0.2, 0.25) is 0 Å². The molecule has 0 aliphatic carbocycles. The Labute approximate surface area is 156 Å². The van der Waals surface area contributed by atoms with Crippen LogP contribution in [0.1, 0.15) is 11.7 Å². The molecule has 0 bridgehead atoms. The van der Waals surface area contributed by atoms with Crippen molar-refractivity contribution in [1.82, 2.24) is 0 Å². The summed E-state index contributed by atoms with van der Waals surface area (Å²) in [5, 5.41) is 10.6. The van der Waals surface area contributed by atoms with Gasteiger partial charge in [0, 0.05) is 34.5 Å². The molecule has 1 fully saturated rings. The van der Waals surface area contributed by atoms with Crippen LogP contribution in [0.3, 0.4) is 0 Å². The van der Waals surface area contributed by atoms with Crippen LogP contribution in [0, 0.1) is 0 Å². The number of hydrogen-bond donors (Lipinski definition) is 1. The molecule has 0 unspecified atom stereocenters. The first-order valence-corrected chi connectivity index (χ1v) is 9.15. The molecule has 1 saturated heterocycles. The van der Waals surface area contributed by atoms with Crippen molar-refractivity contribution in [1.29, 1.82) is 0 Å². The molecule has 4 rings (SSSR count). The number of halogens is 1. The van der Waals surface area contributed by atoms with Gasteiger partial charge in [-0.15, -0.1) is 0 Å². The lowest BCUT2D eigenvalue weighted by molar-refractivity contribution is 0.461. The van der Waals surface area contributed by atoms with Crippen LogP contribution < -0.4 is 9.80 Å². The molecule has 4 heteroatoms. The van der Waals surface area contributed by atoms with Crippen molar-refractivity contribution in [3.8, 4) is 5.75 Å². The molecule has 1 aliphatic rings. The number of anilines is 2. The van der Waals surface area contributed by atoms with E-state index in [4.69, 9.17) is 0 Å². The van der Waals surface area contributed by atoms with Crippen LogP contribution in [0.2, 0.25) is 0 Å². The zero-order chi connectivity index (χ0) is 17.2. The number of aromatic hydroxyl groups is 1. The van der Waals surface area contributed by atoms with E-state index in [0.29, 0.717) is 5.75 Å². The van der Waals surface area contributed by atoms with Gasteiger partial charge in [0.1, 0.15) is 11.9 Å². The lowest BCUT2D eigenvalue weighted by atomic mass is 10.1. The number of hydrogen-bond acceptors (Lipinski definition) is 3. The zero-order valence-electron chi connectivity index (χ0n) is 13.7. The number of rotatable bonds is 3. The molecule has 126 valence electrons. The van der Waals surface area contributed by atoms with Gasteiger partial charge in [0.25, 0.3) is 0 Å². The Morgan fingerprint density at radius 2 is 1.28 bits per heavy atom. The number of phenols is 1. The van der Waals surface area contributed by atoms with E-state index in [1.54, 1.807) is 6.07 Å². The van der Waals surface area contributed by atoms with Crippen LogP contribution in [0.25, 0.3) is 0 Å². The molecule has 0 radical (unpaired) electrons. The topological polar surface area (TPSA) is 26.7 Å². The van der Waals surface area contributed by atoms with Crippen LogP contribution in [0.5, 0.6) is 5.75 Å². The Kier molecular flexibility index (Phi) is 4.36. The average Bonchev–Trinajstić information content (AvgIpc) is 3.10. The van der Waals surface area contributed by atoms with Crippen LogP contribution in [-0.2, 0) is 0 Å². The smallest absolute Gasteiger partial charge is 0.132 e. The normalized spacial score (nSPS) is 14.9. The Morgan fingerprint density at radius 1 is 0.760 bits per heavy atom. The molecule has 3 nitrogen and oxygen atoms in total.